The highest BCUT2D eigenvalue weighted by molar-refractivity contribution is 7.98. The number of aryl methyl sites for hydroxylation is 2. The number of benzene rings is 2. The van der Waals surface area contributed by atoms with Crippen LogP contribution in [0.15, 0.2) is 71.9 Å². The van der Waals surface area contributed by atoms with Gasteiger partial charge in [0.1, 0.15) is 5.03 Å². The molecule has 0 unspecified atom stereocenters. The summed E-state index contributed by atoms with van der Waals surface area (Å²) in [7, 11) is 0. The molecule has 4 nitrogen and oxygen atoms in total. The van der Waals surface area contributed by atoms with E-state index in [1.807, 2.05) is 23.3 Å². The summed E-state index contributed by atoms with van der Waals surface area (Å²) in [4.78, 5) is 22.1. The normalized spacial score (nSPS) is 17.0. The van der Waals surface area contributed by atoms with Crippen LogP contribution in [0.4, 0.5) is 0 Å². The van der Waals surface area contributed by atoms with Crippen molar-refractivity contribution in [2.75, 3.05) is 32.4 Å². The molecule has 2 aromatic carbocycles. The van der Waals surface area contributed by atoms with Crippen molar-refractivity contribution < 1.29 is 4.79 Å². The van der Waals surface area contributed by atoms with Gasteiger partial charge in [-0.05, 0) is 53.5 Å². The van der Waals surface area contributed by atoms with Crippen LogP contribution in [0.5, 0.6) is 0 Å². The number of carbonyl (C=O) groups is 1. The fraction of sp³-hybridized carbons (Fsp3) is 0.308. The van der Waals surface area contributed by atoms with Crippen molar-refractivity contribution in [3.05, 3.63) is 94.7 Å². The molecule has 0 atom stereocenters. The summed E-state index contributed by atoms with van der Waals surface area (Å²) in [6.07, 6.45) is 5.89. The number of nitrogens with zero attached hydrogens (tertiary/aromatic N) is 3. The number of piperazine rings is 1. The Morgan fingerprint density at radius 2 is 1.48 bits per heavy atom. The van der Waals surface area contributed by atoms with Gasteiger partial charge in [-0.2, -0.15) is 0 Å². The lowest BCUT2D eigenvalue weighted by Gasteiger charge is -2.40. The first-order valence-corrected chi connectivity index (χ1v) is 12.2. The zero-order valence-electron chi connectivity index (χ0n) is 17.8. The molecule has 158 valence electrons. The lowest BCUT2D eigenvalue weighted by molar-refractivity contribution is 0.0593. The number of amides is 1. The minimum atomic E-state index is 0.0961. The second kappa shape index (κ2) is 8.85. The number of rotatable bonds is 3. The lowest BCUT2D eigenvalue weighted by Crippen LogP contribution is -2.50. The van der Waals surface area contributed by atoms with Gasteiger partial charge in [-0.15, -0.1) is 11.8 Å². The maximum atomic E-state index is 13.2. The quantitative estimate of drug-likeness (QED) is 0.577. The summed E-state index contributed by atoms with van der Waals surface area (Å²) in [5, 5.41) is 0.807. The van der Waals surface area contributed by atoms with E-state index >= 15 is 0 Å². The zero-order valence-corrected chi connectivity index (χ0v) is 18.6. The van der Waals surface area contributed by atoms with Gasteiger partial charge in [-0.1, -0.05) is 48.5 Å². The molecule has 1 amide bonds. The van der Waals surface area contributed by atoms with Crippen LogP contribution in [0.2, 0.25) is 0 Å². The molecule has 2 aliphatic rings. The van der Waals surface area contributed by atoms with E-state index < -0.39 is 0 Å². The van der Waals surface area contributed by atoms with Crippen molar-refractivity contribution in [1.29, 1.82) is 0 Å². The van der Waals surface area contributed by atoms with Crippen LogP contribution in [0.1, 0.15) is 38.7 Å². The summed E-state index contributed by atoms with van der Waals surface area (Å²) in [5.41, 5.74) is 6.45. The summed E-state index contributed by atoms with van der Waals surface area (Å²) in [5.74, 6) is 0.0961. The predicted molar refractivity (Wildman–Crippen MR) is 126 cm³/mol. The third kappa shape index (κ3) is 3.88. The molecule has 1 fully saturated rings. The van der Waals surface area contributed by atoms with Crippen LogP contribution < -0.4 is 0 Å². The van der Waals surface area contributed by atoms with E-state index in [1.165, 1.54) is 34.0 Å². The molecule has 31 heavy (non-hydrogen) atoms. The van der Waals surface area contributed by atoms with Crippen molar-refractivity contribution in [2.24, 2.45) is 0 Å². The molecule has 3 aromatic rings. The lowest BCUT2D eigenvalue weighted by atomic mass is 9.92. The second-order valence-corrected chi connectivity index (χ2v) is 8.98. The SMILES string of the molecule is CSc1ncccc1C(=O)N1CCN(C2c3ccccc3CCc3ccccc32)CC1. The Bertz CT molecular complexity index is 1040. The summed E-state index contributed by atoms with van der Waals surface area (Å²) >= 11 is 1.53. The maximum Gasteiger partial charge on any atom is 0.256 e. The second-order valence-electron chi connectivity index (χ2n) is 8.19. The van der Waals surface area contributed by atoms with Gasteiger partial charge in [-0.3, -0.25) is 9.69 Å². The molecule has 1 aliphatic heterocycles. The number of hydrogen-bond acceptors (Lipinski definition) is 4. The fourth-order valence-electron chi connectivity index (χ4n) is 4.96. The van der Waals surface area contributed by atoms with E-state index in [-0.39, 0.29) is 11.9 Å². The van der Waals surface area contributed by atoms with Crippen LogP contribution in [-0.2, 0) is 12.8 Å². The first-order valence-electron chi connectivity index (χ1n) is 10.9. The molecule has 0 saturated carbocycles. The molecule has 5 rings (SSSR count). The molecular weight excluding hydrogens is 402 g/mol. The van der Waals surface area contributed by atoms with Gasteiger partial charge in [0, 0.05) is 32.4 Å². The Morgan fingerprint density at radius 1 is 0.871 bits per heavy atom. The highest BCUT2D eigenvalue weighted by Gasteiger charge is 2.32. The molecule has 0 bridgehead atoms. The van der Waals surface area contributed by atoms with E-state index in [0.717, 1.165) is 44.0 Å². The Kier molecular flexibility index (Phi) is 5.79. The molecule has 0 N–H and O–H groups in total. The molecule has 1 aliphatic carbocycles. The van der Waals surface area contributed by atoms with Gasteiger partial charge in [-0.25, -0.2) is 4.98 Å². The van der Waals surface area contributed by atoms with Crippen LogP contribution in [0.3, 0.4) is 0 Å². The van der Waals surface area contributed by atoms with E-state index in [0.29, 0.717) is 5.56 Å². The Hall–Kier alpha value is -2.63. The first kappa shape index (κ1) is 20.3. The van der Waals surface area contributed by atoms with E-state index in [4.69, 9.17) is 0 Å². The maximum absolute atomic E-state index is 13.2. The van der Waals surface area contributed by atoms with Crippen molar-refractivity contribution >= 4 is 17.7 Å². The number of fused-ring (bicyclic) bond motifs is 2. The summed E-state index contributed by atoms with van der Waals surface area (Å²) in [6.45, 7) is 3.21. The average Bonchev–Trinajstić information content (AvgIpc) is 3.00. The van der Waals surface area contributed by atoms with E-state index in [2.05, 4.69) is 58.4 Å². The standard InChI is InChI=1S/C26H27N3OS/c1-31-25-23(11-6-14-27-25)26(30)29-17-15-28(16-18-29)24-21-9-4-2-7-19(21)12-13-20-8-3-5-10-22(20)24/h2-11,14,24H,12-13,15-18H2,1H3. The molecule has 2 heterocycles. The molecule has 5 heteroatoms. The number of pyridine rings is 1. The molecule has 1 aromatic heterocycles. The number of aromatic nitrogens is 1. The third-order valence-electron chi connectivity index (χ3n) is 6.52. The van der Waals surface area contributed by atoms with E-state index in [9.17, 15) is 4.79 Å². The molecule has 0 spiro atoms. The van der Waals surface area contributed by atoms with Crippen molar-refractivity contribution in [3.63, 3.8) is 0 Å². The van der Waals surface area contributed by atoms with Gasteiger partial charge >= 0.3 is 0 Å². The smallest absolute Gasteiger partial charge is 0.256 e. The topological polar surface area (TPSA) is 36.4 Å². The van der Waals surface area contributed by atoms with Gasteiger partial charge in [0.05, 0.1) is 11.6 Å². The third-order valence-corrected chi connectivity index (χ3v) is 7.24. The number of carbonyl (C=O) groups excluding carboxylic acids is 1. The van der Waals surface area contributed by atoms with Gasteiger partial charge in [0.25, 0.3) is 5.91 Å². The van der Waals surface area contributed by atoms with Crippen LogP contribution in [0.25, 0.3) is 0 Å². The first-order chi connectivity index (χ1) is 15.3. The average molecular weight is 430 g/mol. The minimum Gasteiger partial charge on any atom is -0.336 e. The van der Waals surface area contributed by atoms with Gasteiger partial charge in [0.2, 0.25) is 0 Å². The Labute approximate surface area is 188 Å². The van der Waals surface area contributed by atoms with Crippen molar-refractivity contribution in [3.8, 4) is 0 Å². The largest absolute Gasteiger partial charge is 0.336 e. The van der Waals surface area contributed by atoms with Gasteiger partial charge in [0.15, 0.2) is 0 Å². The van der Waals surface area contributed by atoms with Crippen LogP contribution in [0, 0.1) is 0 Å². The van der Waals surface area contributed by atoms with Crippen LogP contribution in [-0.4, -0.2) is 53.1 Å². The van der Waals surface area contributed by atoms with E-state index in [1.54, 1.807) is 6.20 Å². The van der Waals surface area contributed by atoms with Crippen molar-refractivity contribution in [1.82, 2.24) is 14.8 Å². The molecule has 0 radical (unpaired) electrons. The monoisotopic (exact) mass is 429 g/mol. The summed E-state index contributed by atoms with van der Waals surface area (Å²) in [6, 6.07) is 21.8. The Balaban J connectivity index is 1.40. The minimum absolute atomic E-state index is 0.0961. The zero-order chi connectivity index (χ0) is 21.2. The molecule has 1 saturated heterocycles. The highest BCUT2D eigenvalue weighted by Crippen LogP contribution is 2.37. The number of hydrogen-bond donors (Lipinski definition) is 0. The Morgan fingerprint density at radius 3 is 2.10 bits per heavy atom. The fourth-order valence-corrected chi connectivity index (χ4v) is 5.50. The van der Waals surface area contributed by atoms with Gasteiger partial charge < -0.3 is 4.90 Å². The van der Waals surface area contributed by atoms with Crippen LogP contribution >= 0.6 is 11.8 Å². The number of thioether (sulfide) groups is 1. The predicted octanol–water partition coefficient (Wildman–Crippen LogP) is 4.45. The summed E-state index contributed by atoms with van der Waals surface area (Å²) < 4.78 is 0. The highest BCUT2D eigenvalue weighted by atomic mass is 32.2. The van der Waals surface area contributed by atoms with Crippen molar-refractivity contribution in [2.45, 2.75) is 23.9 Å². The molecular formula is C26H27N3OS.